The Bertz CT molecular complexity index is 566. The summed E-state index contributed by atoms with van der Waals surface area (Å²) in [5.41, 5.74) is 2.72. The molecule has 0 unspecified atom stereocenters. The first-order chi connectivity index (χ1) is 8.88. The number of benzene rings is 1. The molecule has 2 rings (SSSR count). The summed E-state index contributed by atoms with van der Waals surface area (Å²) in [7, 11) is 0. The number of aryl methyl sites for hydroxylation is 1. The van der Waals surface area contributed by atoms with Crippen LogP contribution in [0.5, 0.6) is 5.75 Å². The number of rotatable bonds is 3. The molecule has 0 bridgehead atoms. The van der Waals surface area contributed by atoms with E-state index in [0.29, 0.717) is 6.61 Å². The second-order valence-electron chi connectivity index (χ2n) is 5.71. The van der Waals surface area contributed by atoms with Crippen LogP contribution >= 0.6 is 27.3 Å². The lowest BCUT2D eigenvalue weighted by Crippen LogP contribution is -2.11. The fourth-order valence-electron chi connectivity index (χ4n) is 1.85. The van der Waals surface area contributed by atoms with Crippen molar-refractivity contribution in [2.45, 2.75) is 39.7 Å². The Morgan fingerprint density at radius 2 is 1.95 bits per heavy atom. The molecule has 3 heteroatoms. The van der Waals surface area contributed by atoms with Crippen LogP contribution in [-0.2, 0) is 12.0 Å². The average Bonchev–Trinajstić information content (AvgIpc) is 2.72. The number of ether oxygens (including phenoxy) is 1. The average molecular weight is 339 g/mol. The van der Waals surface area contributed by atoms with E-state index in [1.807, 2.05) is 0 Å². The Morgan fingerprint density at radius 1 is 1.21 bits per heavy atom. The fourth-order valence-corrected chi connectivity index (χ4v) is 3.23. The molecule has 102 valence electrons. The summed E-state index contributed by atoms with van der Waals surface area (Å²) in [6.07, 6.45) is 0. The zero-order chi connectivity index (χ0) is 14.0. The van der Waals surface area contributed by atoms with E-state index in [1.165, 1.54) is 16.0 Å². The first kappa shape index (κ1) is 14.6. The van der Waals surface area contributed by atoms with Crippen molar-refractivity contribution in [3.05, 3.63) is 50.1 Å². The lowest BCUT2D eigenvalue weighted by Gasteiger charge is -2.20. The van der Waals surface area contributed by atoms with Crippen molar-refractivity contribution in [3.8, 4) is 5.75 Å². The van der Waals surface area contributed by atoms with Crippen LogP contribution in [0.1, 0.15) is 36.8 Å². The van der Waals surface area contributed by atoms with Crippen LogP contribution in [0, 0.1) is 6.92 Å². The summed E-state index contributed by atoms with van der Waals surface area (Å²) >= 11 is 5.24. The topological polar surface area (TPSA) is 9.23 Å². The van der Waals surface area contributed by atoms with Gasteiger partial charge >= 0.3 is 0 Å². The highest BCUT2D eigenvalue weighted by Crippen LogP contribution is 2.29. The van der Waals surface area contributed by atoms with Gasteiger partial charge < -0.3 is 4.74 Å². The van der Waals surface area contributed by atoms with Gasteiger partial charge in [-0.2, -0.15) is 0 Å². The molecule has 0 spiro atoms. The summed E-state index contributed by atoms with van der Waals surface area (Å²) < 4.78 is 7.04. The van der Waals surface area contributed by atoms with Gasteiger partial charge in [0.15, 0.2) is 0 Å². The Balaban J connectivity index is 2.12. The minimum Gasteiger partial charge on any atom is -0.488 e. The summed E-state index contributed by atoms with van der Waals surface area (Å²) in [6.45, 7) is 9.41. The lowest BCUT2D eigenvalue weighted by atomic mass is 9.86. The number of hydrogen-bond donors (Lipinski definition) is 0. The molecule has 0 N–H and O–H groups in total. The second kappa shape index (κ2) is 5.68. The van der Waals surface area contributed by atoms with Gasteiger partial charge in [0.2, 0.25) is 0 Å². The summed E-state index contributed by atoms with van der Waals surface area (Å²) in [4.78, 5) is 1.22. The smallest absolute Gasteiger partial charge is 0.124 e. The van der Waals surface area contributed by atoms with Crippen LogP contribution in [0.2, 0.25) is 0 Å². The van der Waals surface area contributed by atoms with E-state index in [1.54, 1.807) is 11.3 Å². The van der Waals surface area contributed by atoms with E-state index in [-0.39, 0.29) is 5.41 Å². The molecule has 0 aliphatic rings. The highest BCUT2D eigenvalue weighted by molar-refractivity contribution is 9.10. The molecule has 0 radical (unpaired) electrons. The predicted octanol–water partition coefficient (Wildman–Crippen LogP) is 5.70. The molecule has 1 aromatic carbocycles. The third-order valence-electron chi connectivity index (χ3n) is 3.09. The van der Waals surface area contributed by atoms with E-state index < -0.39 is 0 Å². The minimum absolute atomic E-state index is 0.181. The van der Waals surface area contributed by atoms with Crippen molar-refractivity contribution in [1.82, 2.24) is 0 Å². The quantitative estimate of drug-likeness (QED) is 0.697. The molecular weight excluding hydrogens is 320 g/mol. The maximum atomic E-state index is 5.91. The summed E-state index contributed by atoms with van der Waals surface area (Å²) in [5, 5.41) is 2.07. The van der Waals surface area contributed by atoms with Crippen molar-refractivity contribution in [2.75, 3.05) is 0 Å². The lowest BCUT2D eigenvalue weighted by molar-refractivity contribution is 0.307. The zero-order valence-corrected chi connectivity index (χ0v) is 14.2. The predicted molar refractivity (Wildman–Crippen MR) is 86.2 cm³/mol. The van der Waals surface area contributed by atoms with Gasteiger partial charge in [-0.1, -0.05) is 32.9 Å². The summed E-state index contributed by atoms with van der Waals surface area (Å²) in [5.74, 6) is 0.966. The van der Waals surface area contributed by atoms with E-state index in [9.17, 15) is 0 Å². The SMILES string of the molecule is Cc1cc(C(C)(C)C)ccc1OCc1sccc1Br. The van der Waals surface area contributed by atoms with E-state index >= 15 is 0 Å². The molecule has 1 aromatic heterocycles. The van der Waals surface area contributed by atoms with Gasteiger partial charge in [0.25, 0.3) is 0 Å². The van der Waals surface area contributed by atoms with Crippen molar-refractivity contribution in [3.63, 3.8) is 0 Å². The maximum Gasteiger partial charge on any atom is 0.124 e. The Hall–Kier alpha value is -0.800. The van der Waals surface area contributed by atoms with Crippen LogP contribution in [0.4, 0.5) is 0 Å². The molecule has 1 heterocycles. The van der Waals surface area contributed by atoms with Gasteiger partial charge in [-0.05, 0) is 56.9 Å². The Kier molecular flexibility index (Phi) is 4.36. The van der Waals surface area contributed by atoms with E-state index in [4.69, 9.17) is 4.74 Å². The van der Waals surface area contributed by atoms with Crippen LogP contribution in [0.3, 0.4) is 0 Å². The van der Waals surface area contributed by atoms with Crippen molar-refractivity contribution in [2.24, 2.45) is 0 Å². The van der Waals surface area contributed by atoms with Crippen LogP contribution < -0.4 is 4.74 Å². The largest absolute Gasteiger partial charge is 0.488 e. The Labute approximate surface area is 127 Å². The first-order valence-electron chi connectivity index (χ1n) is 6.34. The monoisotopic (exact) mass is 338 g/mol. The highest BCUT2D eigenvalue weighted by atomic mass is 79.9. The number of thiophene rings is 1. The molecule has 0 amide bonds. The molecule has 0 saturated carbocycles. The van der Waals surface area contributed by atoms with Gasteiger partial charge in [-0.3, -0.25) is 0 Å². The summed E-state index contributed by atoms with van der Waals surface area (Å²) in [6, 6.07) is 8.51. The maximum absolute atomic E-state index is 5.91. The third kappa shape index (κ3) is 3.61. The molecular formula is C16H19BrOS. The van der Waals surface area contributed by atoms with Crippen molar-refractivity contribution >= 4 is 27.3 Å². The molecule has 0 saturated heterocycles. The molecule has 0 aliphatic heterocycles. The highest BCUT2D eigenvalue weighted by Gasteiger charge is 2.14. The number of halogens is 1. The molecule has 1 nitrogen and oxygen atoms in total. The van der Waals surface area contributed by atoms with Gasteiger partial charge in [-0.25, -0.2) is 0 Å². The molecule has 0 atom stereocenters. The van der Waals surface area contributed by atoms with Gasteiger partial charge in [-0.15, -0.1) is 11.3 Å². The van der Waals surface area contributed by atoms with Crippen LogP contribution in [-0.4, -0.2) is 0 Å². The van der Waals surface area contributed by atoms with E-state index in [2.05, 4.69) is 73.3 Å². The molecule has 19 heavy (non-hydrogen) atoms. The normalized spacial score (nSPS) is 11.6. The van der Waals surface area contributed by atoms with Gasteiger partial charge in [0, 0.05) is 4.47 Å². The standard InChI is InChI=1S/C16H19BrOS/c1-11-9-12(16(2,3)4)5-6-14(11)18-10-15-13(17)7-8-19-15/h5-9H,10H2,1-4H3. The minimum atomic E-state index is 0.181. The zero-order valence-electron chi connectivity index (χ0n) is 11.8. The van der Waals surface area contributed by atoms with Crippen LogP contribution in [0.15, 0.2) is 34.1 Å². The molecule has 0 fully saturated rings. The molecule has 0 aliphatic carbocycles. The molecule has 2 aromatic rings. The van der Waals surface area contributed by atoms with Crippen molar-refractivity contribution < 1.29 is 4.74 Å². The Morgan fingerprint density at radius 3 is 2.47 bits per heavy atom. The van der Waals surface area contributed by atoms with Crippen LogP contribution in [0.25, 0.3) is 0 Å². The van der Waals surface area contributed by atoms with E-state index in [0.717, 1.165) is 10.2 Å². The fraction of sp³-hybridized carbons (Fsp3) is 0.375. The van der Waals surface area contributed by atoms with Crippen molar-refractivity contribution in [1.29, 1.82) is 0 Å². The second-order valence-corrected chi connectivity index (χ2v) is 7.57. The van der Waals surface area contributed by atoms with Gasteiger partial charge in [0.1, 0.15) is 12.4 Å². The third-order valence-corrected chi connectivity index (χ3v) is 4.99. The van der Waals surface area contributed by atoms with Gasteiger partial charge in [0.05, 0.1) is 4.88 Å². The first-order valence-corrected chi connectivity index (χ1v) is 8.01. The number of hydrogen-bond acceptors (Lipinski definition) is 2.